The zero-order valence-electron chi connectivity index (χ0n) is 23.7. The van der Waals surface area contributed by atoms with Gasteiger partial charge < -0.3 is 10.2 Å². The molecule has 0 spiro atoms. The minimum atomic E-state index is -0.109. The summed E-state index contributed by atoms with van der Waals surface area (Å²) in [5.74, 6) is 2.93. The predicted octanol–water partition coefficient (Wildman–Crippen LogP) is 9.51. The molecule has 0 saturated carbocycles. The zero-order valence-corrected chi connectivity index (χ0v) is 25.3. The zero-order chi connectivity index (χ0) is 26.5. The highest BCUT2D eigenvalue weighted by Gasteiger charge is 2.25. The topological polar surface area (TPSA) is 40.5 Å². The largest absolute Gasteiger partial charge is 0.507 e. The van der Waals surface area contributed by atoms with Gasteiger partial charge in [-0.2, -0.15) is 0 Å². The van der Waals surface area contributed by atoms with Crippen LogP contribution in [0.1, 0.15) is 91.5 Å². The highest BCUT2D eigenvalue weighted by Crippen LogP contribution is 2.47. The van der Waals surface area contributed by atoms with Crippen LogP contribution in [-0.2, 0) is 25.7 Å². The minimum Gasteiger partial charge on any atom is -0.507 e. The summed E-state index contributed by atoms with van der Waals surface area (Å²) in [6, 6.07) is 8.77. The smallest absolute Gasteiger partial charge is 0.122 e. The molecular formula is C31H48O2S2. The molecule has 4 heteroatoms. The second-order valence-corrected chi connectivity index (χ2v) is 15.8. The van der Waals surface area contributed by atoms with Crippen LogP contribution in [0.4, 0.5) is 0 Å². The lowest BCUT2D eigenvalue weighted by Gasteiger charge is -2.26. The van der Waals surface area contributed by atoms with E-state index in [4.69, 9.17) is 0 Å². The normalized spacial score (nSPS) is 12.5. The molecule has 0 heterocycles. The van der Waals surface area contributed by atoms with Crippen LogP contribution < -0.4 is 0 Å². The number of benzene rings is 2. The molecule has 0 radical (unpaired) electrons. The summed E-state index contributed by atoms with van der Waals surface area (Å²) in [7, 11) is 0. The third-order valence-electron chi connectivity index (χ3n) is 5.72. The van der Waals surface area contributed by atoms with Crippen molar-refractivity contribution in [2.45, 2.75) is 109 Å². The Morgan fingerprint density at radius 2 is 0.771 bits per heavy atom. The average molecular weight is 517 g/mol. The van der Waals surface area contributed by atoms with Crippen molar-refractivity contribution in [3.63, 3.8) is 0 Å². The standard InChI is InChI=1S/C31H48O2S2/c1-19(2)11-23-15-27(16-24(29(23)32)12-20(3)4)34-31(9,10)35-28-17-25(13-21(5)6)30(33)26(18-28)14-22(7)8/h15-22,32-33H,11-14H2,1-10H3. The van der Waals surface area contributed by atoms with Crippen molar-refractivity contribution in [1.29, 1.82) is 0 Å². The van der Waals surface area contributed by atoms with Gasteiger partial charge in [0.25, 0.3) is 0 Å². The number of aromatic hydroxyl groups is 2. The van der Waals surface area contributed by atoms with Gasteiger partial charge in [0.2, 0.25) is 0 Å². The molecule has 0 atom stereocenters. The Labute approximate surface area is 223 Å². The first-order valence-electron chi connectivity index (χ1n) is 13.2. The number of hydrogen-bond donors (Lipinski definition) is 2. The second kappa shape index (κ2) is 12.8. The summed E-state index contributed by atoms with van der Waals surface area (Å²) < 4.78 is -0.109. The first-order chi connectivity index (χ1) is 16.2. The van der Waals surface area contributed by atoms with Gasteiger partial charge in [0.05, 0.1) is 4.08 Å². The van der Waals surface area contributed by atoms with Crippen LogP contribution in [0.3, 0.4) is 0 Å². The molecule has 0 aromatic heterocycles. The van der Waals surface area contributed by atoms with Gasteiger partial charge in [0, 0.05) is 9.79 Å². The van der Waals surface area contributed by atoms with Gasteiger partial charge in [-0.3, -0.25) is 0 Å². The molecule has 0 saturated heterocycles. The molecule has 2 aromatic rings. The average Bonchev–Trinajstić information content (AvgIpc) is 2.66. The van der Waals surface area contributed by atoms with Crippen molar-refractivity contribution in [3.8, 4) is 11.5 Å². The van der Waals surface area contributed by atoms with E-state index in [0.29, 0.717) is 35.2 Å². The summed E-state index contributed by atoms with van der Waals surface area (Å²) in [5, 5.41) is 21.9. The molecule has 35 heavy (non-hydrogen) atoms. The monoisotopic (exact) mass is 516 g/mol. The van der Waals surface area contributed by atoms with Gasteiger partial charge >= 0.3 is 0 Å². The first kappa shape index (κ1) is 30.0. The van der Waals surface area contributed by atoms with Crippen LogP contribution in [0, 0.1) is 23.7 Å². The lowest BCUT2D eigenvalue weighted by Crippen LogP contribution is -2.10. The lowest BCUT2D eigenvalue weighted by atomic mass is 9.95. The van der Waals surface area contributed by atoms with Gasteiger partial charge in [0.15, 0.2) is 0 Å². The van der Waals surface area contributed by atoms with E-state index in [-0.39, 0.29) is 4.08 Å². The van der Waals surface area contributed by atoms with Gasteiger partial charge in [0.1, 0.15) is 11.5 Å². The molecule has 0 aliphatic heterocycles. The van der Waals surface area contributed by atoms with Crippen molar-refractivity contribution in [2.75, 3.05) is 0 Å². The summed E-state index contributed by atoms with van der Waals surface area (Å²) in [5.41, 5.74) is 4.24. The molecule has 196 valence electrons. The van der Waals surface area contributed by atoms with Crippen molar-refractivity contribution in [1.82, 2.24) is 0 Å². The van der Waals surface area contributed by atoms with Crippen molar-refractivity contribution in [3.05, 3.63) is 46.5 Å². The van der Waals surface area contributed by atoms with Gasteiger partial charge in [-0.1, -0.05) is 55.4 Å². The maximum Gasteiger partial charge on any atom is 0.122 e. The molecule has 0 amide bonds. The number of phenolic OH excluding ortho intramolecular Hbond substituents is 2. The van der Waals surface area contributed by atoms with Gasteiger partial charge in [-0.25, -0.2) is 0 Å². The highest BCUT2D eigenvalue weighted by atomic mass is 32.2. The molecule has 2 nitrogen and oxygen atoms in total. The van der Waals surface area contributed by atoms with Gasteiger partial charge in [-0.15, -0.1) is 23.5 Å². The molecular weight excluding hydrogens is 468 g/mol. The Morgan fingerprint density at radius 1 is 0.543 bits per heavy atom. The third kappa shape index (κ3) is 9.61. The van der Waals surface area contributed by atoms with E-state index in [1.54, 1.807) is 0 Å². The number of thioether (sulfide) groups is 2. The van der Waals surface area contributed by atoms with E-state index in [9.17, 15) is 10.2 Å². The molecule has 0 aliphatic carbocycles. The maximum atomic E-state index is 10.9. The fourth-order valence-electron chi connectivity index (χ4n) is 4.54. The Kier molecular flexibility index (Phi) is 11.0. The van der Waals surface area contributed by atoms with E-state index >= 15 is 0 Å². The van der Waals surface area contributed by atoms with E-state index in [2.05, 4.69) is 93.5 Å². The van der Waals surface area contributed by atoms with Crippen LogP contribution in [0.25, 0.3) is 0 Å². The first-order valence-corrected chi connectivity index (χ1v) is 14.9. The molecule has 0 unspecified atom stereocenters. The maximum absolute atomic E-state index is 10.9. The Balaban J connectivity index is 2.39. The molecule has 0 fully saturated rings. The molecule has 0 bridgehead atoms. The van der Waals surface area contributed by atoms with Crippen LogP contribution >= 0.6 is 23.5 Å². The summed E-state index contributed by atoms with van der Waals surface area (Å²) >= 11 is 3.73. The Hall–Kier alpha value is -1.26. The van der Waals surface area contributed by atoms with Crippen molar-refractivity contribution < 1.29 is 10.2 Å². The van der Waals surface area contributed by atoms with Crippen LogP contribution in [-0.4, -0.2) is 14.3 Å². The van der Waals surface area contributed by atoms with Crippen molar-refractivity contribution in [2.24, 2.45) is 23.7 Å². The number of hydrogen-bond acceptors (Lipinski definition) is 4. The summed E-state index contributed by atoms with van der Waals surface area (Å²) in [6.45, 7) is 22.2. The summed E-state index contributed by atoms with van der Waals surface area (Å²) in [4.78, 5) is 2.44. The predicted molar refractivity (Wildman–Crippen MR) is 156 cm³/mol. The van der Waals surface area contributed by atoms with E-state index in [0.717, 1.165) is 47.9 Å². The van der Waals surface area contributed by atoms with E-state index in [1.165, 1.54) is 9.79 Å². The SMILES string of the molecule is CC(C)Cc1cc(SC(C)(C)Sc2cc(CC(C)C)c(O)c(CC(C)C)c2)cc(CC(C)C)c1O. The Morgan fingerprint density at radius 3 is 0.971 bits per heavy atom. The van der Waals surface area contributed by atoms with Crippen LogP contribution in [0.2, 0.25) is 0 Å². The van der Waals surface area contributed by atoms with Crippen LogP contribution in [0.15, 0.2) is 34.1 Å². The molecule has 0 aliphatic rings. The molecule has 2 N–H and O–H groups in total. The minimum absolute atomic E-state index is 0.109. The quantitative estimate of drug-likeness (QED) is 0.218. The van der Waals surface area contributed by atoms with E-state index in [1.807, 2.05) is 23.5 Å². The fraction of sp³-hybridized carbons (Fsp3) is 0.613. The number of rotatable bonds is 12. The molecule has 2 rings (SSSR count). The Bertz CT molecular complexity index is 834. The fourth-order valence-corrected chi connectivity index (χ4v) is 7.23. The lowest BCUT2D eigenvalue weighted by molar-refractivity contribution is 0.449. The second-order valence-electron chi connectivity index (χ2n) is 12.2. The van der Waals surface area contributed by atoms with Gasteiger partial charge in [-0.05, 0) is 110 Å². The molecule has 2 aromatic carbocycles. The number of phenols is 2. The van der Waals surface area contributed by atoms with E-state index < -0.39 is 0 Å². The third-order valence-corrected chi connectivity index (χ3v) is 8.15. The van der Waals surface area contributed by atoms with Crippen LogP contribution in [0.5, 0.6) is 11.5 Å². The highest BCUT2D eigenvalue weighted by molar-refractivity contribution is 8.18. The summed E-state index contributed by atoms with van der Waals surface area (Å²) in [6.07, 6.45) is 3.53. The van der Waals surface area contributed by atoms with Crippen molar-refractivity contribution >= 4 is 23.5 Å².